The van der Waals surface area contributed by atoms with E-state index in [-0.39, 0.29) is 11.8 Å². The van der Waals surface area contributed by atoms with E-state index in [2.05, 4.69) is 0 Å². The summed E-state index contributed by atoms with van der Waals surface area (Å²) in [5, 5.41) is 0.539. The molecule has 2 aromatic carbocycles. The van der Waals surface area contributed by atoms with E-state index in [1.165, 1.54) is 0 Å². The van der Waals surface area contributed by atoms with Crippen molar-refractivity contribution in [1.29, 1.82) is 0 Å². The monoisotopic (exact) mass is 340 g/mol. The number of hydrogen-bond acceptors (Lipinski definition) is 2. The van der Waals surface area contributed by atoms with Crippen LogP contribution in [0.4, 0.5) is 5.69 Å². The number of benzene rings is 2. The summed E-state index contributed by atoms with van der Waals surface area (Å²) in [5.74, 6) is -0.000645. The number of likely N-dealkylation sites (tertiary alicyclic amines) is 1. The minimum absolute atomic E-state index is 0.0742. The fraction of sp³-hybridized carbons (Fsp3) is 0.263. The Morgan fingerprint density at radius 1 is 1.17 bits per heavy atom. The second kappa shape index (κ2) is 5.35. The van der Waals surface area contributed by atoms with Gasteiger partial charge in [0.15, 0.2) is 0 Å². The van der Waals surface area contributed by atoms with E-state index >= 15 is 0 Å². The highest BCUT2D eigenvalue weighted by Crippen LogP contribution is 2.46. The van der Waals surface area contributed by atoms with Crippen molar-refractivity contribution in [3.63, 3.8) is 0 Å². The number of fused-ring (bicyclic) bond motifs is 2. The lowest BCUT2D eigenvalue weighted by Gasteiger charge is -2.23. The predicted octanol–water partition coefficient (Wildman–Crippen LogP) is 3.10. The van der Waals surface area contributed by atoms with E-state index in [1.807, 2.05) is 24.3 Å². The van der Waals surface area contributed by atoms with Crippen molar-refractivity contribution < 1.29 is 9.59 Å². The number of para-hydroxylation sites is 1. The summed E-state index contributed by atoms with van der Waals surface area (Å²) in [7, 11) is 1.80. The van der Waals surface area contributed by atoms with Crippen molar-refractivity contribution in [2.24, 2.45) is 0 Å². The van der Waals surface area contributed by atoms with E-state index in [0.29, 0.717) is 30.1 Å². The van der Waals surface area contributed by atoms with Gasteiger partial charge in [0.1, 0.15) is 0 Å². The van der Waals surface area contributed by atoms with Gasteiger partial charge in [-0.05, 0) is 36.2 Å². The molecule has 4 nitrogen and oxygen atoms in total. The smallest absolute Gasteiger partial charge is 0.253 e. The Morgan fingerprint density at radius 3 is 2.75 bits per heavy atom. The Hall–Kier alpha value is -2.33. The molecule has 2 aromatic rings. The number of anilines is 1. The molecule has 2 heterocycles. The summed E-state index contributed by atoms with van der Waals surface area (Å²) in [6.07, 6.45) is 0.652. The number of carbonyl (C=O) groups is 2. The molecule has 2 aliphatic rings. The van der Waals surface area contributed by atoms with Crippen molar-refractivity contribution in [3.05, 3.63) is 64.7 Å². The Bertz CT molecular complexity index is 851. The van der Waals surface area contributed by atoms with Gasteiger partial charge in [0, 0.05) is 36.4 Å². The maximum atomic E-state index is 12.9. The summed E-state index contributed by atoms with van der Waals surface area (Å²) >= 11 is 5.99. The third kappa shape index (κ3) is 2.06. The van der Waals surface area contributed by atoms with Gasteiger partial charge in [0.25, 0.3) is 5.91 Å². The molecule has 0 bridgehead atoms. The van der Waals surface area contributed by atoms with Gasteiger partial charge in [-0.2, -0.15) is 0 Å². The van der Waals surface area contributed by atoms with E-state index in [4.69, 9.17) is 11.6 Å². The zero-order valence-electron chi connectivity index (χ0n) is 13.3. The average molecular weight is 341 g/mol. The van der Waals surface area contributed by atoms with Crippen LogP contribution in [0.2, 0.25) is 5.02 Å². The zero-order chi connectivity index (χ0) is 16.9. The molecule has 2 aliphatic heterocycles. The van der Waals surface area contributed by atoms with Gasteiger partial charge in [-0.25, -0.2) is 0 Å². The number of rotatable bonds is 1. The van der Waals surface area contributed by atoms with E-state index in [0.717, 1.165) is 11.3 Å². The van der Waals surface area contributed by atoms with Gasteiger partial charge in [-0.1, -0.05) is 35.9 Å². The first-order chi connectivity index (χ1) is 11.5. The van der Waals surface area contributed by atoms with Gasteiger partial charge in [0.2, 0.25) is 5.91 Å². The third-order valence-electron chi connectivity index (χ3n) is 5.12. The van der Waals surface area contributed by atoms with Crippen LogP contribution in [0, 0.1) is 0 Å². The summed E-state index contributed by atoms with van der Waals surface area (Å²) < 4.78 is 0. The molecule has 0 N–H and O–H groups in total. The fourth-order valence-corrected chi connectivity index (χ4v) is 4.09. The first-order valence-corrected chi connectivity index (χ1v) is 8.33. The topological polar surface area (TPSA) is 40.6 Å². The molecule has 0 saturated carbocycles. The molecule has 0 radical (unpaired) electrons. The second-order valence-electron chi connectivity index (χ2n) is 6.45. The standard InChI is InChI=1S/C19H17ClN2O2/c1-21-16-8-3-2-7-15(16)19(18(21)24)9-10-22(12-19)17(23)13-5-4-6-14(20)11-13/h2-8,11H,9-10,12H2,1H3/t19-/m0/s1. The Morgan fingerprint density at radius 2 is 1.96 bits per heavy atom. The number of carbonyl (C=O) groups excluding carboxylic acids is 2. The van der Waals surface area contributed by atoms with Crippen LogP contribution < -0.4 is 4.90 Å². The van der Waals surface area contributed by atoms with E-state index < -0.39 is 5.41 Å². The zero-order valence-corrected chi connectivity index (χ0v) is 14.1. The molecule has 2 amide bonds. The van der Waals surface area contributed by atoms with Crippen molar-refractivity contribution in [2.75, 3.05) is 25.0 Å². The van der Waals surface area contributed by atoms with Crippen LogP contribution in [0.5, 0.6) is 0 Å². The second-order valence-corrected chi connectivity index (χ2v) is 6.89. The lowest BCUT2D eigenvalue weighted by Crippen LogP contribution is -2.42. The molecule has 5 heteroatoms. The first-order valence-electron chi connectivity index (χ1n) is 7.95. The lowest BCUT2D eigenvalue weighted by atomic mass is 9.81. The number of hydrogen-bond donors (Lipinski definition) is 0. The minimum atomic E-state index is -0.612. The number of likely N-dealkylation sites (N-methyl/N-ethyl adjacent to an activating group) is 1. The molecule has 24 heavy (non-hydrogen) atoms. The van der Waals surface area contributed by atoms with Crippen LogP contribution in [-0.4, -0.2) is 36.9 Å². The Kier molecular flexibility index (Phi) is 3.39. The molecule has 1 spiro atoms. The molecule has 0 aromatic heterocycles. The molecule has 122 valence electrons. The van der Waals surface area contributed by atoms with Crippen LogP contribution in [0.25, 0.3) is 0 Å². The van der Waals surface area contributed by atoms with Crippen LogP contribution in [0.1, 0.15) is 22.3 Å². The highest BCUT2D eigenvalue weighted by Gasteiger charge is 2.54. The van der Waals surface area contributed by atoms with Gasteiger partial charge < -0.3 is 9.80 Å². The van der Waals surface area contributed by atoms with Gasteiger partial charge in [-0.15, -0.1) is 0 Å². The molecule has 0 aliphatic carbocycles. The van der Waals surface area contributed by atoms with Crippen LogP contribution >= 0.6 is 11.6 Å². The van der Waals surface area contributed by atoms with Crippen molar-refractivity contribution in [2.45, 2.75) is 11.8 Å². The minimum Gasteiger partial charge on any atom is -0.337 e. The summed E-state index contributed by atoms with van der Waals surface area (Å²) in [5.41, 5.74) is 1.92. The molecule has 4 rings (SSSR count). The normalized spacial score (nSPS) is 22.3. The first kappa shape index (κ1) is 15.2. The van der Waals surface area contributed by atoms with Gasteiger partial charge >= 0.3 is 0 Å². The fourth-order valence-electron chi connectivity index (χ4n) is 3.90. The van der Waals surface area contributed by atoms with Crippen molar-refractivity contribution in [3.8, 4) is 0 Å². The summed E-state index contributed by atoms with van der Waals surface area (Å²) in [6, 6.07) is 14.8. The quantitative estimate of drug-likeness (QED) is 0.800. The molecule has 1 fully saturated rings. The largest absolute Gasteiger partial charge is 0.337 e. The van der Waals surface area contributed by atoms with E-state index in [1.54, 1.807) is 41.1 Å². The van der Waals surface area contributed by atoms with Gasteiger partial charge in [-0.3, -0.25) is 9.59 Å². The SMILES string of the molecule is CN1C(=O)[C@]2(CCN(C(=O)c3cccc(Cl)c3)C2)c2ccccc21. The molecule has 1 atom stereocenters. The van der Waals surface area contributed by atoms with Crippen molar-refractivity contribution >= 4 is 29.1 Å². The number of halogens is 1. The van der Waals surface area contributed by atoms with Crippen LogP contribution in [0.15, 0.2) is 48.5 Å². The van der Waals surface area contributed by atoms with Crippen LogP contribution in [-0.2, 0) is 10.2 Å². The average Bonchev–Trinajstić information content (AvgIpc) is 3.13. The maximum Gasteiger partial charge on any atom is 0.253 e. The Balaban J connectivity index is 1.67. The highest BCUT2D eigenvalue weighted by atomic mass is 35.5. The summed E-state index contributed by atoms with van der Waals surface area (Å²) in [6.45, 7) is 0.984. The predicted molar refractivity (Wildman–Crippen MR) is 93.5 cm³/mol. The van der Waals surface area contributed by atoms with Crippen molar-refractivity contribution in [1.82, 2.24) is 4.90 Å². The van der Waals surface area contributed by atoms with E-state index in [9.17, 15) is 9.59 Å². The molecule has 0 unspecified atom stereocenters. The molecule has 1 saturated heterocycles. The van der Waals surface area contributed by atoms with Gasteiger partial charge in [0.05, 0.1) is 5.41 Å². The lowest BCUT2D eigenvalue weighted by molar-refractivity contribution is -0.122. The Labute approximate surface area is 145 Å². The molecular weight excluding hydrogens is 324 g/mol. The molecular formula is C19H17ClN2O2. The summed E-state index contributed by atoms with van der Waals surface area (Å²) in [4.78, 5) is 29.2. The van der Waals surface area contributed by atoms with Crippen LogP contribution in [0.3, 0.4) is 0 Å². The maximum absolute atomic E-state index is 12.9. The highest BCUT2D eigenvalue weighted by molar-refractivity contribution is 6.31. The number of nitrogens with zero attached hydrogens (tertiary/aromatic N) is 2. The number of amides is 2. The third-order valence-corrected chi connectivity index (χ3v) is 5.36.